The van der Waals surface area contributed by atoms with Crippen LogP contribution in [0.4, 0.5) is 0 Å². The number of ether oxygens (including phenoxy) is 2. The zero-order valence-corrected chi connectivity index (χ0v) is 8.52. The van der Waals surface area contributed by atoms with Crippen LogP contribution >= 0.6 is 12.4 Å². The van der Waals surface area contributed by atoms with Crippen molar-refractivity contribution in [2.24, 2.45) is 5.92 Å². The van der Waals surface area contributed by atoms with Gasteiger partial charge >= 0.3 is 0 Å². The Hall–Kier alpha value is 0.170. The Morgan fingerprint density at radius 3 is 2.75 bits per heavy atom. The molecule has 0 radical (unpaired) electrons. The topological polar surface area (TPSA) is 30.5 Å². The highest BCUT2D eigenvalue weighted by molar-refractivity contribution is 5.85. The van der Waals surface area contributed by atoms with Gasteiger partial charge in [-0.1, -0.05) is 0 Å². The molecular formula is C8H18ClNO2. The summed E-state index contributed by atoms with van der Waals surface area (Å²) in [6.07, 6.45) is 1.50. The summed E-state index contributed by atoms with van der Waals surface area (Å²) in [7, 11) is 3.51. The van der Waals surface area contributed by atoms with Crippen LogP contribution in [0.3, 0.4) is 0 Å². The van der Waals surface area contributed by atoms with Crippen LogP contribution in [0.15, 0.2) is 0 Å². The van der Waals surface area contributed by atoms with Gasteiger partial charge in [0.05, 0.1) is 12.7 Å². The van der Waals surface area contributed by atoms with E-state index in [2.05, 4.69) is 5.32 Å². The fraction of sp³-hybridized carbons (Fsp3) is 1.00. The van der Waals surface area contributed by atoms with E-state index < -0.39 is 0 Å². The summed E-state index contributed by atoms with van der Waals surface area (Å²) in [5.41, 5.74) is 0. The highest BCUT2D eigenvalue weighted by Gasteiger charge is 2.23. The minimum atomic E-state index is 0. The van der Waals surface area contributed by atoms with Gasteiger partial charge in [-0.05, 0) is 13.0 Å². The number of hydrogen-bond acceptors (Lipinski definition) is 3. The third-order valence-electron chi connectivity index (χ3n) is 2.25. The molecule has 0 bridgehead atoms. The second-order valence-electron chi connectivity index (χ2n) is 2.98. The molecule has 4 heteroatoms. The Labute approximate surface area is 80.2 Å². The summed E-state index contributed by atoms with van der Waals surface area (Å²) in [6, 6.07) is 0. The number of hydrogen-bond donors (Lipinski definition) is 1. The Kier molecular flexibility index (Phi) is 6.76. The van der Waals surface area contributed by atoms with Gasteiger partial charge in [0, 0.05) is 26.7 Å². The molecule has 2 atom stereocenters. The average molecular weight is 196 g/mol. The van der Waals surface area contributed by atoms with E-state index in [1.165, 1.54) is 0 Å². The van der Waals surface area contributed by atoms with Gasteiger partial charge in [0.2, 0.25) is 0 Å². The van der Waals surface area contributed by atoms with Crippen molar-refractivity contribution in [1.29, 1.82) is 0 Å². The third kappa shape index (κ3) is 3.27. The maximum absolute atomic E-state index is 5.31. The maximum Gasteiger partial charge on any atom is 0.0746 e. The van der Waals surface area contributed by atoms with Crippen LogP contribution in [0.1, 0.15) is 6.42 Å². The molecule has 74 valence electrons. The van der Waals surface area contributed by atoms with E-state index in [0.717, 1.165) is 26.1 Å². The Balaban J connectivity index is 0.00000121. The van der Waals surface area contributed by atoms with Crippen molar-refractivity contribution in [3.05, 3.63) is 0 Å². The maximum atomic E-state index is 5.31. The van der Waals surface area contributed by atoms with Crippen molar-refractivity contribution in [2.45, 2.75) is 12.5 Å². The van der Waals surface area contributed by atoms with Crippen molar-refractivity contribution >= 4 is 12.4 Å². The van der Waals surface area contributed by atoms with Gasteiger partial charge in [-0.3, -0.25) is 0 Å². The Bertz CT molecular complexity index is 111. The summed E-state index contributed by atoms with van der Waals surface area (Å²) >= 11 is 0. The number of piperidine rings is 1. The predicted octanol–water partition coefficient (Wildman–Crippen LogP) is 0.679. The van der Waals surface area contributed by atoms with Crippen molar-refractivity contribution in [3.63, 3.8) is 0 Å². The minimum Gasteiger partial charge on any atom is -0.384 e. The standard InChI is InChI=1S/C8H17NO2.ClH/c1-10-6-7-3-4-9-5-8(7)11-2;/h7-9H,3-6H2,1-2H3;1H/t7-,8-;/m1./s1. The SMILES string of the molecule is COC[C@H]1CCNC[C@H]1OC.Cl. The summed E-state index contributed by atoms with van der Waals surface area (Å²) in [6.45, 7) is 2.87. The van der Waals surface area contributed by atoms with E-state index in [1.807, 2.05) is 0 Å². The first kappa shape index (κ1) is 12.2. The quantitative estimate of drug-likeness (QED) is 0.719. The van der Waals surface area contributed by atoms with E-state index in [4.69, 9.17) is 9.47 Å². The van der Waals surface area contributed by atoms with E-state index in [1.54, 1.807) is 14.2 Å². The molecular weight excluding hydrogens is 178 g/mol. The van der Waals surface area contributed by atoms with E-state index in [-0.39, 0.29) is 12.4 Å². The number of nitrogens with one attached hydrogen (secondary N) is 1. The molecule has 1 aliphatic heterocycles. The van der Waals surface area contributed by atoms with Crippen LogP contribution in [0.25, 0.3) is 0 Å². The minimum absolute atomic E-state index is 0. The smallest absolute Gasteiger partial charge is 0.0746 e. The lowest BCUT2D eigenvalue weighted by atomic mass is 9.96. The first-order valence-corrected chi connectivity index (χ1v) is 4.11. The highest BCUT2D eigenvalue weighted by Crippen LogP contribution is 2.14. The largest absolute Gasteiger partial charge is 0.384 e. The van der Waals surface area contributed by atoms with Crippen LogP contribution in [0, 0.1) is 5.92 Å². The second kappa shape index (κ2) is 6.66. The number of rotatable bonds is 3. The highest BCUT2D eigenvalue weighted by atomic mass is 35.5. The van der Waals surface area contributed by atoms with Gasteiger partial charge < -0.3 is 14.8 Å². The number of methoxy groups -OCH3 is 2. The molecule has 1 fully saturated rings. The number of halogens is 1. The molecule has 1 N–H and O–H groups in total. The average Bonchev–Trinajstić information content (AvgIpc) is 2.06. The molecule has 3 nitrogen and oxygen atoms in total. The molecule has 0 spiro atoms. The van der Waals surface area contributed by atoms with Crippen LogP contribution in [-0.2, 0) is 9.47 Å². The summed E-state index contributed by atoms with van der Waals surface area (Å²) in [4.78, 5) is 0. The van der Waals surface area contributed by atoms with Gasteiger partial charge in [-0.15, -0.1) is 12.4 Å². The molecule has 0 saturated carbocycles. The third-order valence-corrected chi connectivity index (χ3v) is 2.25. The molecule has 1 aliphatic rings. The van der Waals surface area contributed by atoms with Crippen LogP contribution < -0.4 is 5.32 Å². The fourth-order valence-corrected chi connectivity index (χ4v) is 1.56. The summed E-state index contributed by atoms with van der Waals surface area (Å²) in [5, 5.41) is 3.29. The predicted molar refractivity (Wildman–Crippen MR) is 50.9 cm³/mol. The fourth-order valence-electron chi connectivity index (χ4n) is 1.56. The lowest BCUT2D eigenvalue weighted by Gasteiger charge is -2.30. The molecule has 1 saturated heterocycles. The zero-order chi connectivity index (χ0) is 8.10. The molecule has 1 rings (SSSR count). The molecule has 0 aromatic carbocycles. The molecule has 12 heavy (non-hydrogen) atoms. The first-order chi connectivity index (χ1) is 5.38. The van der Waals surface area contributed by atoms with Gasteiger partial charge in [0.25, 0.3) is 0 Å². The van der Waals surface area contributed by atoms with Gasteiger partial charge in [-0.2, -0.15) is 0 Å². The van der Waals surface area contributed by atoms with E-state index in [9.17, 15) is 0 Å². The van der Waals surface area contributed by atoms with Crippen LogP contribution in [0.2, 0.25) is 0 Å². The van der Waals surface area contributed by atoms with Crippen LogP contribution in [-0.4, -0.2) is 40.0 Å². The van der Waals surface area contributed by atoms with E-state index >= 15 is 0 Å². The summed E-state index contributed by atoms with van der Waals surface area (Å²) < 4.78 is 10.4. The summed E-state index contributed by atoms with van der Waals surface area (Å²) in [5.74, 6) is 0.575. The monoisotopic (exact) mass is 195 g/mol. The van der Waals surface area contributed by atoms with Crippen molar-refractivity contribution in [3.8, 4) is 0 Å². The van der Waals surface area contributed by atoms with Crippen molar-refractivity contribution in [1.82, 2.24) is 5.32 Å². The second-order valence-corrected chi connectivity index (χ2v) is 2.98. The van der Waals surface area contributed by atoms with Gasteiger partial charge in [-0.25, -0.2) is 0 Å². The molecule has 0 aromatic rings. The lowest BCUT2D eigenvalue weighted by Crippen LogP contribution is -2.43. The Morgan fingerprint density at radius 2 is 2.17 bits per heavy atom. The Morgan fingerprint density at radius 1 is 1.42 bits per heavy atom. The van der Waals surface area contributed by atoms with Gasteiger partial charge in [0.15, 0.2) is 0 Å². The van der Waals surface area contributed by atoms with Gasteiger partial charge in [0.1, 0.15) is 0 Å². The first-order valence-electron chi connectivity index (χ1n) is 4.11. The van der Waals surface area contributed by atoms with E-state index in [0.29, 0.717) is 12.0 Å². The molecule has 0 aromatic heterocycles. The zero-order valence-electron chi connectivity index (χ0n) is 7.71. The van der Waals surface area contributed by atoms with Crippen LogP contribution in [0.5, 0.6) is 0 Å². The molecule has 0 unspecified atom stereocenters. The van der Waals surface area contributed by atoms with Crippen molar-refractivity contribution < 1.29 is 9.47 Å². The lowest BCUT2D eigenvalue weighted by molar-refractivity contribution is -0.00107. The van der Waals surface area contributed by atoms with Crippen molar-refractivity contribution in [2.75, 3.05) is 33.9 Å². The molecule has 0 amide bonds. The molecule has 0 aliphatic carbocycles. The molecule has 1 heterocycles. The normalized spacial score (nSPS) is 29.5.